The highest BCUT2D eigenvalue weighted by Crippen LogP contribution is 2.23. The van der Waals surface area contributed by atoms with Crippen LogP contribution in [0.4, 0.5) is 0 Å². The van der Waals surface area contributed by atoms with E-state index in [1.54, 1.807) is 0 Å². The van der Waals surface area contributed by atoms with Crippen molar-refractivity contribution in [2.24, 2.45) is 0 Å². The maximum atomic E-state index is 10.2. The van der Waals surface area contributed by atoms with E-state index in [2.05, 4.69) is 4.90 Å². The highest BCUT2D eigenvalue weighted by Gasteiger charge is 2.21. The molecule has 3 nitrogen and oxygen atoms in total. The van der Waals surface area contributed by atoms with Crippen molar-refractivity contribution >= 4 is 6.29 Å². The van der Waals surface area contributed by atoms with Gasteiger partial charge in [0.2, 0.25) is 0 Å². The molecule has 0 saturated heterocycles. The van der Waals surface area contributed by atoms with Gasteiger partial charge in [-0.05, 0) is 12.8 Å². The van der Waals surface area contributed by atoms with Gasteiger partial charge in [0, 0.05) is 25.6 Å². The lowest BCUT2D eigenvalue weighted by Gasteiger charge is -2.27. The fourth-order valence-electron chi connectivity index (χ4n) is 2.09. The van der Waals surface area contributed by atoms with Gasteiger partial charge in [0.15, 0.2) is 0 Å². The van der Waals surface area contributed by atoms with Gasteiger partial charge < -0.3 is 9.90 Å². The molecule has 1 fully saturated rings. The SMILES string of the molecule is O=CCCN(CCO)C1CCCC1. The molecule has 0 bridgehead atoms. The molecule has 1 rings (SSSR count). The summed E-state index contributed by atoms with van der Waals surface area (Å²) < 4.78 is 0. The van der Waals surface area contributed by atoms with Crippen molar-refractivity contribution in [3.8, 4) is 0 Å². The van der Waals surface area contributed by atoms with Crippen LogP contribution in [0.25, 0.3) is 0 Å². The molecular weight excluding hydrogens is 166 g/mol. The largest absolute Gasteiger partial charge is 0.395 e. The molecule has 0 spiro atoms. The van der Waals surface area contributed by atoms with Gasteiger partial charge in [0.25, 0.3) is 0 Å². The second-order valence-electron chi connectivity index (χ2n) is 3.65. The van der Waals surface area contributed by atoms with Gasteiger partial charge in [0.1, 0.15) is 6.29 Å². The van der Waals surface area contributed by atoms with Crippen LogP contribution >= 0.6 is 0 Å². The fourth-order valence-corrected chi connectivity index (χ4v) is 2.09. The first kappa shape index (κ1) is 10.7. The number of hydrogen-bond acceptors (Lipinski definition) is 3. The summed E-state index contributed by atoms with van der Waals surface area (Å²) in [7, 11) is 0. The monoisotopic (exact) mass is 185 g/mol. The molecule has 1 saturated carbocycles. The molecule has 1 aliphatic carbocycles. The molecule has 0 heterocycles. The molecule has 13 heavy (non-hydrogen) atoms. The van der Waals surface area contributed by atoms with Gasteiger partial charge in [-0.3, -0.25) is 4.90 Å². The van der Waals surface area contributed by atoms with Crippen molar-refractivity contribution in [2.75, 3.05) is 19.7 Å². The first-order chi connectivity index (χ1) is 6.38. The summed E-state index contributed by atoms with van der Waals surface area (Å²) in [5.74, 6) is 0. The minimum Gasteiger partial charge on any atom is -0.395 e. The van der Waals surface area contributed by atoms with E-state index in [1.165, 1.54) is 25.7 Å². The van der Waals surface area contributed by atoms with Crippen LogP contribution in [0.1, 0.15) is 32.1 Å². The maximum absolute atomic E-state index is 10.2. The third-order valence-electron chi connectivity index (χ3n) is 2.76. The smallest absolute Gasteiger partial charge is 0.121 e. The molecule has 1 N–H and O–H groups in total. The Kier molecular flexibility index (Phi) is 5.01. The van der Waals surface area contributed by atoms with E-state index in [9.17, 15) is 4.79 Å². The molecule has 1 aliphatic rings. The van der Waals surface area contributed by atoms with Gasteiger partial charge in [-0.2, -0.15) is 0 Å². The van der Waals surface area contributed by atoms with E-state index >= 15 is 0 Å². The molecule has 0 unspecified atom stereocenters. The Morgan fingerprint density at radius 2 is 2.00 bits per heavy atom. The normalized spacial score (nSPS) is 18.3. The number of aliphatic hydroxyl groups is 1. The van der Waals surface area contributed by atoms with Gasteiger partial charge >= 0.3 is 0 Å². The second kappa shape index (κ2) is 6.11. The molecule has 3 heteroatoms. The summed E-state index contributed by atoms with van der Waals surface area (Å²) in [4.78, 5) is 12.5. The van der Waals surface area contributed by atoms with Crippen molar-refractivity contribution in [3.63, 3.8) is 0 Å². The highest BCUT2D eigenvalue weighted by molar-refractivity contribution is 5.49. The van der Waals surface area contributed by atoms with E-state index < -0.39 is 0 Å². The number of rotatable bonds is 6. The zero-order chi connectivity index (χ0) is 9.52. The predicted molar refractivity (Wildman–Crippen MR) is 51.6 cm³/mol. The number of carbonyl (C=O) groups is 1. The summed E-state index contributed by atoms with van der Waals surface area (Å²) in [6, 6.07) is 0.618. The maximum Gasteiger partial charge on any atom is 0.121 e. The summed E-state index contributed by atoms with van der Waals surface area (Å²) in [6.45, 7) is 1.74. The number of nitrogens with zero attached hydrogens (tertiary/aromatic N) is 1. The number of hydrogen-bond donors (Lipinski definition) is 1. The standard InChI is InChI=1S/C10H19NO2/c12-8-3-6-11(7-9-13)10-4-1-2-5-10/h8,10,13H,1-7,9H2. The Balaban J connectivity index is 2.30. The Bertz CT molecular complexity index is 144. The summed E-state index contributed by atoms with van der Waals surface area (Å²) in [6.07, 6.45) is 6.62. The van der Waals surface area contributed by atoms with E-state index in [1.807, 2.05) is 0 Å². The topological polar surface area (TPSA) is 40.5 Å². The minimum atomic E-state index is 0.204. The van der Waals surface area contributed by atoms with Crippen LogP contribution in [-0.2, 0) is 4.79 Å². The van der Waals surface area contributed by atoms with Crippen molar-refractivity contribution in [2.45, 2.75) is 38.1 Å². The van der Waals surface area contributed by atoms with Crippen LogP contribution in [-0.4, -0.2) is 42.0 Å². The van der Waals surface area contributed by atoms with Gasteiger partial charge in [0.05, 0.1) is 6.61 Å². The Morgan fingerprint density at radius 1 is 1.31 bits per heavy atom. The number of carbonyl (C=O) groups excluding carboxylic acids is 1. The molecule has 0 aromatic rings. The molecule has 76 valence electrons. The molecule has 0 aromatic carbocycles. The molecule has 0 aliphatic heterocycles. The van der Waals surface area contributed by atoms with E-state index in [4.69, 9.17) is 5.11 Å². The first-order valence-electron chi connectivity index (χ1n) is 5.17. The van der Waals surface area contributed by atoms with Crippen molar-refractivity contribution in [1.29, 1.82) is 0 Å². The predicted octanol–water partition coefficient (Wildman–Crippen LogP) is 0.812. The van der Waals surface area contributed by atoms with Gasteiger partial charge in [-0.25, -0.2) is 0 Å². The number of aliphatic hydroxyl groups excluding tert-OH is 1. The van der Waals surface area contributed by atoms with Crippen molar-refractivity contribution in [1.82, 2.24) is 4.90 Å². The van der Waals surface area contributed by atoms with Crippen LogP contribution in [0.3, 0.4) is 0 Å². The third-order valence-corrected chi connectivity index (χ3v) is 2.76. The third kappa shape index (κ3) is 3.44. The summed E-state index contributed by atoms with van der Waals surface area (Å²) in [5, 5.41) is 8.87. The molecular formula is C10H19NO2. The van der Waals surface area contributed by atoms with Crippen LogP contribution in [0.2, 0.25) is 0 Å². The fraction of sp³-hybridized carbons (Fsp3) is 0.900. The van der Waals surface area contributed by atoms with Crippen molar-refractivity contribution < 1.29 is 9.90 Å². The van der Waals surface area contributed by atoms with Crippen LogP contribution in [0.15, 0.2) is 0 Å². The van der Waals surface area contributed by atoms with Crippen LogP contribution in [0, 0.1) is 0 Å². The average Bonchev–Trinajstić information content (AvgIpc) is 2.65. The Hall–Kier alpha value is -0.410. The van der Waals surface area contributed by atoms with Crippen molar-refractivity contribution in [3.05, 3.63) is 0 Å². The van der Waals surface area contributed by atoms with Crippen LogP contribution in [0.5, 0.6) is 0 Å². The lowest BCUT2D eigenvalue weighted by molar-refractivity contribution is -0.108. The summed E-state index contributed by atoms with van der Waals surface area (Å²) >= 11 is 0. The Labute approximate surface area is 79.7 Å². The van der Waals surface area contributed by atoms with Gasteiger partial charge in [-0.15, -0.1) is 0 Å². The van der Waals surface area contributed by atoms with Crippen LogP contribution < -0.4 is 0 Å². The minimum absolute atomic E-state index is 0.204. The average molecular weight is 185 g/mol. The van der Waals surface area contributed by atoms with E-state index in [0.717, 1.165) is 19.4 Å². The molecule has 0 radical (unpaired) electrons. The van der Waals surface area contributed by atoms with E-state index in [0.29, 0.717) is 12.5 Å². The molecule has 0 atom stereocenters. The lowest BCUT2D eigenvalue weighted by Crippen LogP contribution is -2.36. The van der Waals surface area contributed by atoms with E-state index in [-0.39, 0.29) is 6.61 Å². The molecule has 0 aromatic heterocycles. The molecule has 0 amide bonds. The zero-order valence-electron chi connectivity index (χ0n) is 8.11. The second-order valence-corrected chi connectivity index (χ2v) is 3.65. The first-order valence-corrected chi connectivity index (χ1v) is 5.17. The Morgan fingerprint density at radius 3 is 2.54 bits per heavy atom. The summed E-state index contributed by atoms with van der Waals surface area (Å²) in [5.41, 5.74) is 0. The quantitative estimate of drug-likeness (QED) is 0.623. The zero-order valence-corrected chi connectivity index (χ0v) is 8.11. The highest BCUT2D eigenvalue weighted by atomic mass is 16.3. The van der Waals surface area contributed by atoms with Gasteiger partial charge in [-0.1, -0.05) is 12.8 Å². The number of aldehydes is 1. The lowest BCUT2D eigenvalue weighted by atomic mass is 10.2.